The number of hydrogen-bond acceptors (Lipinski definition) is 3. The summed E-state index contributed by atoms with van der Waals surface area (Å²) in [6.45, 7) is 3.20. The lowest BCUT2D eigenvalue weighted by Crippen LogP contribution is -2.47. The second-order valence-corrected chi connectivity index (χ2v) is 4.27. The van der Waals surface area contributed by atoms with Crippen LogP contribution in [0.1, 0.15) is 20.3 Å². The highest BCUT2D eigenvalue weighted by Gasteiger charge is 2.33. The molecule has 0 aliphatic carbocycles. The molecule has 0 saturated heterocycles. The number of hydrogen-bond donors (Lipinski definition) is 2. The van der Waals surface area contributed by atoms with Gasteiger partial charge in [-0.3, -0.25) is 4.79 Å². The molecule has 0 radical (unpaired) electrons. The molecule has 0 aliphatic rings. The summed E-state index contributed by atoms with van der Waals surface area (Å²) in [6.07, 6.45) is -4.47. The van der Waals surface area contributed by atoms with Crippen molar-refractivity contribution in [1.82, 2.24) is 0 Å². The van der Waals surface area contributed by atoms with Crippen LogP contribution in [0.3, 0.4) is 0 Å². The van der Waals surface area contributed by atoms with Crippen molar-refractivity contribution >= 4 is 11.6 Å². The number of alkyl halides is 3. The summed E-state index contributed by atoms with van der Waals surface area (Å²) in [5.74, 6) is -1.05. The van der Waals surface area contributed by atoms with E-state index in [2.05, 4.69) is 10.1 Å². The fourth-order valence-electron chi connectivity index (χ4n) is 1.21. The van der Waals surface area contributed by atoms with E-state index in [1.165, 1.54) is 25.1 Å². The Hall–Kier alpha value is -1.76. The van der Waals surface area contributed by atoms with Crippen LogP contribution in [0.25, 0.3) is 0 Å². The van der Waals surface area contributed by atoms with Crippen molar-refractivity contribution in [2.45, 2.75) is 32.2 Å². The van der Waals surface area contributed by atoms with E-state index in [0.717, 1.165) is 6.07 Å². The van der Waals surface area contributed by atoms with Gasteiger partial charge in [0, 0.05) is 0 Å². The highest BCUT2D eigenvalue weighted by molar-refractivity contribution is 5.98. The second kappa shape index (κ2) is 5.48. The average molecular weight is 276 g/mol. The number of ether oxygens (including phenoxy) is 1. The topological polar surface area (TPSA) is 64.4 Å². The summed E-state index contributed by atoms with van der Waals surface area (Å²) in [5.41, 5.74) is 4.47. The van der Waals surface area contributed by atoms with Crippen molar-refractivity contribution in [2.75, 3.05) is 5.32 Å². The van der Waals surface area contributed by atoms with Crippen LogP contribution in [0, 0.1) is 0 Å². The lowest BCUT2D eigenvalue weighted by Gasteiger charge is -2.22. The van der Waals surface area contributed by atoms with Crippen molar-refractivity contribution in [3.8, 4) is 5.75 Å². The molecular formula is C12H15F3N2O2. The van der Waals surface area contributed by atoms with Crippen molar-refractivity contribution < 1.29 is 22.7 Å². The third-order valence-corrected chi connectivity index (χ3v) is 2.61. The minimum atomic E-state index is -4.82. The maximum atomic E-state index is 12.2. The molecule has 0 bridgehead atoms. The Labute approximate surface area is 108 Å². The quantitative estimate of drug-likeness (QED) is 0.888. The summed E-state index contributed by atoms with van der Waals surface area (Å²) in [6, 6.07) is 5.28. The number of carbonyl (C=O) groups is 1. The molecule has 0 fully saturated rings. The Morgan fingerprint density at radius 2 is 1.95 bits per heavy atom. The summed E-state index contributed by atoms with van der Waals surface area (Å²) < 4.78 is 40.4. The number of anilines is 1. The molecule has 0 saturated carbocycles. The summed E-state index contributed by atoms with van der Waals surface area (Å²) in [5, 5.41) is 2.34. The number of nitrogens with two attached hydrogens (primary N) is 1. The first-order chi connectivity index (χ1) is 8.65. The van der Waals surface area contributed by atoms with Gasteiger partial charge in [-0.1, -0.05) is 19.1 Å². The summed E-state index contributed by atoms with van der Waals surface area (Å²) in [4.78, 5) is 11.8. The normalized spacial score (nSPS) is 14.6. The lowest BCUT2D eigenvalue weighted by molar-refractivity contribution is -0.274. The molecule has 106 valence electrons. The van der Waals surface area contributed by atoms with E-state index >= 15 is 0 Å². The Kier molecular flexibility index (Phi) is 4.41. The Morgan fingerprint density at radius 1 is 1.37 bits per heavy atom. The van der Waals surface area contributed by atoms with E-state index in [-0.39, 0.29) is 5.69 Å². The van der Waals surface area contributed by atoms with E-state index in [1.54, 1.807) is 6.92 Å². The fraction of sp³-hybridized carbons (Fsp3) is 0.417. The second-order valence-electron chi connectivity index (χ2n) is 4.27. The molecule has 1 rings (SSSR count). The van der Waals surface area contributed by atoms with Crippen molar-refractivity contribution in [1.29, 1.82) is 0 Å². The fourth-order valence-corrected chi connectivity index (χ4v) is 1.21. The number of carbonyl (C=O) groups excluding carboxylic acids is 1. The van der Waals surface area contributed by atoms with Crippen LogP contribution >= 0.6 is 0 Å². The number of para-hydroxylation sites is 2. The maximum absolute atomic E-state index is 12.2. The number of halogens is 3. The molecule has 1 aromatic carbocycles. The van der Waals surface area contributed by atoms with Crippen LogP contribution in [-0.2, 0) is 4.79 Å². The number of rotatable bonds is 4. The van der Waals surface area contributed by atoms with Gasteiger partial charge in [0.05, 0.1) is 11.2 Å². The van der Waals surface area contributed by atoms with Gasteiger partial charge < -0.3 is 15.8 Å². The van der Waals surface area contributed by atoms with Crippen LogP contribution in [0.5, 0.6) is 5.75 Å². The smallest absolute Gasteiger partial charge is 0.404 e. The third kappa shape index (κ3) is 4.44. The van der Waals surface area contributed by atoms with Gasteiger partial charge in [0.25, 0.3) is 0 Å². The minimum absolute atomic E-state index is 0.0741. The van der Waals surface area contributed by atoms with Crippen molar-refractivity contribution in [3.63, 3.8) is 0 Å². The van der Waals surface area contributed by atoms with Gasteiger partial charge in [0.15, 0.2) is 5.75 Å². The predicted octanol–water partition coefficient (Wildman–Crippen LogP) is 2.65. The van der Waals surface area contributed by atoms with Gasteiger partial charge in [-0.25, -0.2) is 0 Å². The highest BCUT2D eigenvalue weighted by Crippen LogP contribution is 2.30. The summed E-state index contributed by atoms with van der Waals surface area (Å²) in [7, 11) is 0. The molecule has 7 heteroatoms. The molecule has 4 nitrogen and oxygen atoms in total. The minimum Gasteiger partial charge on any atom is -0.404 e. The lowest BCUT2D eigenvalue weighted by atomic mass is 9.99. The van der Waals surface area contributed by atoms with Crippen LogP contribution < -0.4 is 15.8 Å². The van der Waals surface area contributed by atoms with Gasteiger partial charge in [-0.15, -0.1) is 13.2 Å². The Balaban J connectivity index is 2.93. The zero-order valence-electron chi connectivity index (χ0n) is 10.5. The van der Waals surface area contributed by atoms with Crippen molar-refractivity contribution in [3.05, 3.63) is 24.3 Å². The molecule has 0 aliphatic heterocycles. The van der Waals surface area contributed by atoms with E-state index < -0.39 is 23.6 Å². The average Bonchev–Trinajstić information content (AvgIpc) is 2.29. The molecular weight excluding hydrogens is 261 g/mol. The number of benzene rings is 1. The first-order valence-corrected chi connectivity index (χ1v) is 5.61. The third-order valence-electron chi connectivity index (χ3n) is 2.61. The van der Waals surface area contributed by atoms with Crippen LogP contribution in [0.15, 0.2) is 24.3 Å². The first-order valence-electron chi connectivity index (χ1n) is 5.61. The molecule has 0 spiro atoms. The molecule has 0 heterocycles. The number of amides is 1. The molecule has 1 amide bonds. The van der Waals surface area contributed by atoms with Gasteiger partial charge in [0.1, 0.15) is 0 Å². The maximum Gasteiger partial charge on any atom is 0.573 e. The van der Waals surface area contributed by atoms with E-state index in [0.29, 0.717) is 6.42 Å². The van der Waals surface area contributed by atoms with E-state index in [1.807, 2.05) is 0 Å². The standard InChI is InChI=1S/C12H15F3N2O2/c1-3-11(2,16)10(18)17-8-6-4-5-7-9(8)19-12(13,14)15/h4-7H,3,16H2,1-2H3,(H,17,18). The molecule has 1 atom stereocenters. The summed E-state index contributed by atoms with van der Waals surface area (Å²) >= 11 is 0. The Bertz CT molecular complexity index is 459. The van der Waals surface area contributed by atoms with E-state index in [9.17, 15) is 18.0 Å². The molecule has 1 unspecified atom stereocenters. The molecule has 3 N–H and O–H groups in total. The Morgan fingerprint density at radius 3 is 2.47 bits per heavy atom. The van der Waals surface area contributed by atoms with Crippen molar-refractivity contribution in [2.24, 2.45) is 5.73 Å². The molecule has 19 heavy (non-hydrogen) atoms. The van der Waals surface area contributed by atoms with Crippen LogP contribution in [0.4, 0.5) is 18.9 Å². The zero-order valence-corrected chi connectivity index (χ0v) is 10.5. The van der Waals surface area contributed by atoms with E-state index in [4.69, 9.17) is 5.73 Å². The predicted molar refractivity (Wildman–Crippen MR) is 64.6 cm³/mol. The van der Waals surface area contributed by atoms with Gasteiger partial charge >= 0.3 is 6.36 Å². The molecule has 1 aromatic rings. The van der Waals surface area contributed by atoms with Crippen LogP contribution in [-0.4, -0.2) is 17.8 Å². The largest absolute Gasteiger partial charge is 0.573 e. The van der Waals surface area contributed by atoms with Gasteiger partial charge in [-0.05, 0) is 25.5 Å². The van der Waals surface area contributed by atoms with Gasteiger partial charge in [0.2, 0.25) is 5.91 Å². The molecule has 0 aromatic heterocycles. The first kappa shape index (κ1) is 15.3. The van der Waals surface area contributed by atoms with Crippen LogP contribution in [0.2, 0.25) is 0 Å². The zero-order chi connectivity index (χ0) is 14.7. The number of nitrogens with one attached hydrogen (secondary N) is 1. The SMILES string of the molecule is CCC(C)(N)C(=O)Nc1ccccc1OC(F)(F)F. The van der Waals surface area contributed by atoms with Gasteiger partial charge in [-0.2, -0.15) is 0 Å². The monoisotopic (exact) mass is 276 g/mol. The highest BCUT2D eigenvalue weighted by atomic mass is 19.4.